The third-order valence-corrected chi connectivity index (χ3v) is 10.7. The number of rotatable bonds is 13. The van der Waals surface area contributed by atoms with Crippen molar-refractivity contribution in [2.24, 2.45) is 22.2 Å². The van der Waals surface area contributed by atoms with Crippen LogP contribution in [0.2, 0.25) is 0 Å². The number of allylic oxidation sites excluding steroid dienone is 11. The summed E-state index contributed by atoms with van der Waals surface area (Å²) in [5, 5.41) is 32.0. The highest BCUT2D eigenvalue weighted by Crippen LogP contribution is 2.67. The van der Waals surface area contributed by atoms with Crippen molar-refractivity contribution >= 4 is 23.1 Å². The largest absolute Gasteiger partial charge is 0.506 e. The predicted octanol–water partition coefficient (Wildman–Crippen LogP) is 10.6. The molecule has 0 radical (unpaired) electrons. The number of carbonyl (C=O) groups is 3. The first-order chi connectivity index (χ1) is 22.8. The topological polar surface area (TPSA) is 112 Å². The Bertz CT molecular complexity index is 1650. The molecule has 1 aromatic rings. The summed E-state index contributed by atoms with van der Waals surface area (Å²) in [7, 11) is 0. The van der Waals surface area contributed by atoms with Crippen molar-refractivity contribution in [1.82, 2.24) is 0 Å². The maximum absolute atomic E-state index is 15.4. The van der Waals surface area contributed by atoms with E-state index in [4.69, 9.17) is 0 Å². The molecule has 3 rings (SSSR count). The van der Waals surface area contributed by atoms with Crippen LogP contribution in [0.1, 0.15) is 126 Å². The molecule has 0 heterocycles. The lowest BCUT2D eigenvalue weighted by Crippen LogP contribution is -2.70. The van der Waals surface area contributed by atoms with Crippen molar-refractivity contribution in [2.75, 3.05) is 0 Å². The molecule has 6 nitrogen and oxygen atoms in total. The average Bonchev–Trinajstić information content (AvgIpc) is 3.00. The molecule has 2 fully saturated rings. The lowest BCUT2D eigenvalue weighted by atomic mass is 9.37. The van der Waals surface area contributed by atoms with Crippen LogP contribution in [-0.4, -0.2) is 32.7 Å². The summed E-state index contributed by atoms with van der Waals surface area (Å²) >= 11 is 0. The normalized spacial score (nSPS) is 26.2. The van der Waals surface area contributed by atoms with E-state index in [1.165, 1.54) is 23.3 Å². The summed E-state index contributed by atoms with van der Waals surface area (Å²) in [6, 6.07) is 3.70. The van der Waals surface area contributed by atoms with Crippen LogP contribution in [0.5, 0.6) is 11.5 Å². The van der Waals surface area contributed by atoms with Gasteiger partial charge in [0.15, 0.2) is 28.8 Å². The fourth-order valence-electron chi connectivity index (χ4n) is 7.87. The van der Waals surface area contributed by atoms with Crippen molar-refractivity contribution < 1.29 is 29.7 Å². The molecule has 0 saturated heterocycles. The van der Waals surface area contributed by atoms with E-state index in [0.717, 1.165) is 35.6 Å². The Labute approximate surface area is 294 Å². The van der Waals surface area contributed by atoms with Crippen LogP contribution in [0.3, 0.4) is 0 Å². The molecule has 2 aliphatic carbocycles. The zero-order valence-electron chi connectivity index (χ0n) is 31.4. The van der Waals surface area contributed by atoms with Crippen LogP contribution in [0.15, 0.2) is 82.0 Å². The van der Waals surface area contributed by atoms with Crippen molar-refractivity contribution in [2.45, 2.75) is 121 Å². The van der Waals surface area contributed by atoms with Gasteiger partial charge in [0.05, 0.1) is 5.41 Å². The first-order valence-corrected chi connectivity index (χ1v) is 17.6. The minimum Gasteiger partial charge on any atom is -0.506 e. The quantitative estimate of drug-likeness (QED) is 0.0366. The highest BCUT2D eigenvalue weighted by Gasteiger charge is 2.74. The molecular weight excluding hydrogens is 612 g/mol. The number of benzene rings is 1. The summed E-state index contributed by atoms with van der Waals surface area (Å²) in [6.45, 7) is 20.1. The van der Waals surface area contributed by atoms with E-state index in [0.29, 0.717) is 19.3 Å². The van der Waals surface area contributed by atoms with E-state index in [-0.39, 0.29) is 36.5 Å². The molecule has 2 bridgehead atoms. The number of aromatic hydroxyl groups is 2. The van der Waals surface area contributed by atoms with Gasteiger partial charge in [0, 0.05) is 5.56 Å². The van der Waals surface area contributed by atoms with Gasteiger partial charge < -0.3 is 15.3 Å². The van der Waals surface area contributed by atoms with E-state index >= 15 is 9.59 Å². The van der Waals surface area contributed by atoms with Gasteiger partial charge >= 0.3 is 0 Å². The molecule has 4 atom stereocenters. The zero-order valence-corrected chi connectivity index (χ0v) is 31.4. The molecule has 0 aliphatic heterocycles. The molecule has 266 valence electrons. The number of fused-ring (bicyclic) bond motifs is 2. The van der Waals surface area contributed by atoms with Gasteiger partial charge in [-0.1, -0.05) is 65.2 Å². The smallest absolute Gasteiger partial charge is 0.184 e. The minimum absolute atomic E-state index is 0.0205. The number of hydrogen-bond acceptors (Lipinski definition) is 6. The monoisotopic (exact) mass is 670 g/mol. The van der Waals surface area contributed by atoms with Crippen molar-refractivity contribution in [3.05, 3.63) is 87.6 Å². The van der Waals surface area contributed by atoms with Crippen molar-refractivity contribution in [1.29, 1.82) is 0 Å². The number of phenols is 2. The van der Waals surface area contributed by atoms with Gasteiger partial charge in [0.25, 0.3) is 0 Å². The van der Waals surface area contributed by atoms with Crippen LogP contribution in [0, 0.1) is 22.2 Å². The summed E-state index contributed by atoms with van der Waals surface area (Å²) in [5.41, 5.74) is 1.04. The zero-order chi connectivity index (χ0) is 36.9. The van der Waals surface area contributed by atoms with E-state index in [1.807, 2.05) is 53.7 Å². The van der Waals surface area contributed by atoms with Crippen molar-refractivity contribution in [3.8, 4) is 11.5 Å². The molecule has 0 aromatic heterocycles. The molecule has 49 heavy (non-hydrogen) atoms. The van der Waals surface area contributed by atoms with E-state index in [1.54, 1.807) is 0 Å². The highest BCUT2D eigenvalue weighted by molar-refractivity contribution is 6.41. The van der Waals surface area contributed by atoms with E-state index in [9.17, 15) is 20.1 Å². The second-order valence-corrected chi connectivity index (χ2v) is 15.6. The third-order valence-electron chi connectivity index (χ3n) is 10.7. The fraction of sp³-hybridized carbons (Fsp3) is 0.512. The average molecular weight is 671 g/mol. The fourth-order valence-corrected chi connectivity index (χ4v) is 7.87. The first kappa shape index (κ1) is 39.5. The summed E-state index contributed by atoms with van der Waals surface area (Å²) in [5.74, 6) is -3.33. The molecule has 0 spiro atoms. The second kappa shape index (κ2) is 15.7. The van der Waals surface area contributed by atoms with Crippen molar-refractivity contribution in [3.63, 3.8) is 0 Å². The number of carbonyl (C=O) groups excluding carboxylic acids is 3. The number of hydrogen-bond donors (Lipinski definition) is 3. The maximum atomic E-state index is 15.4. The molecule has 0 unspecified atom stereocenters. The molecular formula is C43H58O6. The molecule has 1 aromatic carbocycles. The Morgan fingerprint density at radius 2 is 1.29 bits per heavy atom. The molecule has 6 heteroatoms. The third kappa shape index (κ3) is 7.95. The van der Waals surface area contributed by atoms with E-state index in [2.05, 4.69) is 45.9 Å². The Kier molecular flexibility index (Phi) is 12.7. The summed E-state index contributed by atoms with van der Waals surface area (Å²) in [4.78, 5) is 45.6. The molecule has 3 N–H and O–H groups in total. The van der Waals surface area contributed by atoms with Crippen LogP contribution in [-0.2, 0) is 14.4 Å². The lowest BCUT2D eigenvalue weighted by Gasteiger charge is -2.61. The number of ketones is 3. The molecule has 2 saturated carbocycles. The van der Waals surface area contributed by atoms with Crippen LogP contribution >= 0.6 is 0 Å². The van der Waals surface area contributed by atoms with Crippen LogP contribution in [0.4, 0.5) is 0 Å². The van der Waals surface area contributed by atoms with Gasteiger partial charge in [-0.05, 0) is 143 Å². The van der Waals surface area contributed by atoms with Gasteiger partial charge in [-0.3, -0.25) is 14.4 Å². The number of Topliss-reactive ketones (excluding diaryl/α,β-unsaturated/α-hetero) is 3. The van der Waals surface area contributed by atoms with E-state index < -0.39 is 50.6 Å². The Balaban J connectivity index is 2.45. The first-order valence-electron chi connectivity index (χ1n) is 17.6. The number of unbranched alkanes of at least 4 members (excludes halogenated alkanes) is 1. The predicted molar refractivity (Wildman–Crippen MR) is 199 cm³/mol. The molecule has 0 amide bonds. The van der Waals surface area contributed by atoms with Gasteiger partial charge in [-0.15, -0.1) is 0 Å². The SMILES string of the molecule is CC(C)=CCC/C=C(\C)C[C@H]1C[C@]2(CC=C(C)C)C(=O)/C(=C(/O)c3ccc(O)c(O)c3)C(=O)[C@@](CC=C(C)C)(C2=O)[C@]1(C)CCC=C(C)C. The summed E-state index contributed by atoms with van der Waals surface area (Å²) < 4.78 is 0. The number of aliphatic hydroxyl groups is 1. The molecule has 2 aliphatic rings. The van der Waals surface area contributed by atoms with Crippen LogP contribution < -0.4 is 0 Å². The minimum atomic E-state index is -1.63. The van der Waals surface area contributed by atoms with Crippen LogP contribution in [0.25, 0.3) is 5.76 Å². The number of aliphatic hydroxyl groups excluding tert-OH is 1. The maximum Gasteiger partial charge on any atom is 0.184 e. The van der Waals surface area contributed by atoms with Gasteiger partial charge in [0.1, 0.15) is 16.7 Å². The number of phenolic OH excluding ortho intramolecular Hbond substituents is 2. The highest BCUT2D eigenvalue weighted by atomic mass is 16.3. The summed E-state index contributed by atoms with van der Waals surface area (Å²) in [6.07, 6.45) is 14.6. The Morgan fingerprint density at radius 1 is 0.735 bits per heavy atom. The second-order valence-electron chi connectivity index (χ2n) is 15.6. The van der Waals surface area contributed by atoms with Gasteiger partial charge in [-0.2, -0.15) is 0 Å². The Morgan fingerprint density at radius 3 is 1.86 bits per heavy atom. The Hall–Kier alpha value is -3.93. The van der Waals surface area contributed by atoms with Gasteiger partial charge in [0.2, 0.25) is 0 Å². The van der Waals surface area contributed by atoms with Gasteiger partial charge in [-0.25, -0.2) is 0 Å². The standard InChI is InChI=1S/C43H58O6/c1-27(2)14-11-12-16-31(9)24-33-26-42(22-19-29(5)6)38(47)36(37(46)32-17-18-34(44)35(45)25-32)39(48)43(40(42)49,23-20-30(7)8)41(33,10)21-13-15-28(3)4/h14-20,25,33,44-46H,11-13,21-24,26H2,1-10H3/b31-16+,37-36-/t33-,41+,42+,43-/m0/s1. The lowest BCUT2D eigenvalue weighted by molar-refractivity contribution is -0.178.